The summed E-state index contributed by atoms with van der Waals surface area (Å²) in [4.78, 5) is 23.8. The molecule has 18 heavy (non-hydrogen) atoms. The number of aliphatic carboxylic acids is 1. The van der Waals surface area contributed by atoms with Gasteiger partial charge in [0.1, 0.15) is 5.54 Å². The summed E-state index contributed by atoms with van der Waals surface area (Å²) in [7, 11) is 0. The lowest BCUT2D eigenvalue weighted by Crippen LogP contribution is -2.63. The molecule has 1 fully saturated rings. The van der Waals surface area contributed by atoms with Crippen molar-refractivity contribution in [3.63, 3.8) is 0 Å². The summed E-state index contributed by atoms with van der Waals surface area (Å²) < 4.78 is 0. The summed E-state index contributed by atoms with van der Waals surface area (Å²) in [6.07, 6.45) is -1.59. The Bertz CT molecular complexity index is 349. The predicted octanol–water partition coefficient (Wildman–Crippen LogP) is 1.38. The molecule has 1 saturated heterocycles. The van der Waals surface area contributed by atoms with Crippen LogP contribution >= 0.6 is 0 Å². The number of aliphatic hydroxyl groups excluding tert-OH is 1. The molecule has 1 aliphatic heterocycles. The largest absolute Gasteiger partial charge is 0.479 e. The van der Waals surface area contributed by atoms with E-state index in [1.165, 1.54) is 0 Å². The van der Waals surface area contributed by atoms with E-state index in [0.717, 1.165) is 4.90 Å². The number of amides is 1. The van der Waals surface area contributed by atoms with Gasteiger partial charge in [0.2, 0.25) is 0 Å². The van der Waals surface area contributed by atoms with E-state index >= 15 is 0 Å². The summed E-state index contributed by atoms with van der Waals surface area (Å²) in [6, 6.07) is 0. The molecular weight excluding hydrogens is 238 g/mol. The Labute approximate surface area is 106 Å². The van der Waals surface area contributed by atoms with Crippen LogP contribution in [0.3, 0.4) is 0 Å². The van der Waals surface area contributed by atoms with Gasteiger partial charge in [-0.15, -0.1) is 0 Å². The smallest absolute Gasteiger partial charge is 0.408 e. The summed E-state index contributed by atoms with van der Waals surface area (Å²) >= 11 is 0. The van der Waals surface area contributed by atoms with E-state index in [-0.39, 0.29) is 31.2 Å². The van der Waals surface area contributed by atoms with Crippen LogP contribution in [0.2, 0.25) is 0 Å². The third-order valence-corrected chi connectivity index (χ3v) is 3.23. The van der Waals surface area contributed by atoms with E-state index in [0.29, 0.717) is 0 Å². The van der Waals surface area contributed by atoms with Crippen LogP contribution in [-0.4, -0.2) is 50.5 Å². The first-order valence-corrected chi connectivity index (χ1v) is 6.00. The Balaban J connectivity index is 3.17. The van der Waals surface area contributed by atoms with Crippen LogP contribution in [0.5, 0.6) is 0 Å². The van der Waals surface area contributed by atoms with E-state index in [1.54, 1.807) is 0 Å². The number of carbonyl (C=O) groups is 2. The molecule has 1 amide bonds. The molecule has 0 bridgehead atoms. The van der Waals surface area contributed by atoms with Crippen molar-refractivity contribution in [2.75, 3.05) is 6.54 Å². The van der Waals surface area contributed by atoms with Gasteiger partial charge in [0.25, 0.3) is 0 Å². The van der Waals surface area contributed by atoms with Crippen molar-refractivity contribution in [3.05, 3.63) is 0 Å². The molecule has 0 aromatic heterocycles. The summed E-state index contributed by atoms with van der Waals surface area (Å²) in [6.45, 7) is 5.63. The molecule has 1 heterocycles. The number of rotatable bonds is 2. The van der Waals surface area contributed by atoms with E-state index in [9.17, 15) is 24.9 Å². The number of aliphatic hydroxyl groups is 1. The normalized spacial score (nSPS) is 29.1. The molecule has 0 aromatic carbocycles. The molecule has 0 aliphatic carbocycles. The van der Waals surface area contributed by atoms with E-state index < -0.39 is 23.7 Å². The van der Waals surface area contributed by atoms with Crippen molar-refractivity contribution in [1.82, 2.24) is 4.90 Å². The topological polar surface area (TPSA) is 98.1 Å². The number of piperidine rings is 1. The molecule has 2 atom stereocenters. The van der Waals surface area contributed by atoms with Crippen molar-refractivity contribution in [2.45, 2.75) is 51.7 Å². The first-order chi connectivity index (χ1) is 8.08. The lowest BCUT2D eigenvalue weighted by molar-refractivity contribution is -0.158. The lowest BCUT2D eigenvalue weighted by atomic mass is 9.73. The standard InChI is InChI=1S/C12H21NO5/c1-11(2,3)7-12(9(15)16)6-8(14)4-5-13(12)10(17)18/h8,14H,4-7H2,1-3H3,(H,15,16)(H,17,18)/t8-,12-/m1/s1. The zero-order valence-corrected chi connectivity index (χ0v) is 11.0. The lowest BCUT2D eigenvalue weighted by Gasteiger charge is -2.46. The molecule has 0 unspecified atom stereocenters. The molecule has 3 N–H and O–H groups in total. The second-order valence-electron chi connectivity index (χ2n) is 6.16. The van der Waals surface area contributed by atoms with Gasteiger partial charge in [0.15, 0.2) is 0 Å². The van der Waals surface area contributed by atoms with Crippen LogP contribution in [-0.2, 0) is 4.79 Å². The molecule has 6 heteroatoms. The third kappa shape index (κ3) is 2.93. The monoisotopic (exact) mass is 259 g/mol. The quantitative estimate of drug-likeness (QED) is 0.696. The van der Waals surface area contributed by atoms with Crippen LogP contribution in [0.4, 0.5) is 4.79 Å². The van der Waals surface area contributed by atoms with E-state index in [1.807, 2.05) is 20.8 Å². The SMILES string of the molecule is CC(C)(C)C[C@@]1(C(=O)O)C[C@H](O)CCN1C(=O)O. The fourth-order valence-electron chi connectivity index (χ4n) is 2.70. The third-order valence-electron chi connectivity index (χ3n) is 3.23. The molecule has 6 nitrogen and oxygen atoms in total. The highest BCUT2D eigenvalue weighted by atomic mass is 16.4. The van der Waals surface area contributed by atoms with Crippen LogP contribution in [0.1, 0.15) is 40.0 Å². The van der Waals surface area contributed by atoms with Crippen LogP contribution in [0.15, 0.2) is 0 Å². The number of hydrogen-bond acceptors (Lipinski definition) is 3. The fourth-order valence-corrected chi connectivity index (χ4v) is 2.70. The highest BCUT2D eigenvalue weighted by molar-refractivity contribution is 5.84. The van der Waals surface area contributed by atoms with Gasteiger partial charge < -0.3 is 15.3 Å². The Hall–Kier alpha value is -1.30. The number of carboxylic acids is 1. The van der Waals surface area contributed by atoms with Crippen molar-refractivity contribution in [2.24, 2.45) is 5.41 Å². The molecule has 104 valence electrons. The second kappa shape index (κ2) is 4.76. The maximum absolute atomic E-state index is 11.6. The fraction of sp³-hybridized carbons (Fsp3) is 0.833. The van der Waals surface area contributed by atoms with Gasteiger partial charge >= 0.3 is 12.1 Å². The van der Waals surface area contributed by atoms with E-state index in [2.05, 4.69) is 0 Å². The van der Waals surface area contributed by atoms with Gasteiger partial charge in [-0.2, -0.15) is 0 Å². The molecule has 0 radical (unpaired) electrons. The predicted molar refractivity (Wildman–Crippen MR) is 64.4 cm³/mol. The average molecular weight is 259 g/mol. The number of likely N-dealkylation sites (tertiary alicyclic amines) is 1. The highest BCUT2D eigenvalue weighted by Gasteiger charge is 2.52. The zero-order chi connectivity index (χ0) is 14.1. The Morgan fingerprint density at radius 2 is 1.89 bits per heavy atom. The zero-order valence-electron chi connectivity index (χ0n) is 11.0. The first-order valence-electron chi connectivity index (χ1n) is 6.00. The number of hydrogen-bond donors (Lipinski definition) is 3. The molecule has 1 aliphatic rings. The molecule has 1 rings (SSSR count). The summed E-state index contributed by atoms with van der Waals surface area (Å²) in [5, 5.41) is 28.4. The van der Waals surface area contributed by atoms with Gasteiger partial charge in [0, 0.05) is 13.0 Å². The van der Waals surface area contributed by atoms with Crippen LogP contribution in [0, 0.1) is 5.41 Å². The Morgan fingerprint density at radius 1 is 1.33 bits per heavy atom. The molecule has 0 spiro atoms. The first kappa shape index (κ1) is 14.8. The minimum atomic E-state index is -1.53. The Morgan fingerprint density at radius 3 is 2.28 bits per heavy atom. The minimum Gasteiger partial charge on any atom is -0.479 e. The second-order valence-corrected chi connectivity index (χ2v) is 6.16. The maximum Gasteiger partial charge on any atom is 0.408 e. The van der Waals surface area contributed by atoms with Crippen molar-refractivity contribution >= 4 is 12.1 Å². The maximum atomic E-state index is 11.6. The summed E-state index contributed by atoms with van der Waals surface area (Å²) in [5.74, 6) is -1.18. The van der Waals surface area contributed by atoms with Gasteiger partial charge in [-0.3, -0.25) is 4.90 Å². The van der Waals surface area contributed by atoms with Crippen molar-refractivity contribution < 1.29 is 24.9 Å². The molecule has 0 saturated carbocycles. The van der Waals surface area contributed by atoms with Gasteiger partial charge in [0.05, 0.1) is 6.10 Å². The van der Waals surface area contributed by atoms with E-state index in [4.69, 9.17) is 0 Å². The number of nitrogens with zero attached hydrogens (tertiary/aromatic N) is 1. The van der Waals surface area contributed by atoms with Crippen molar-refractivity contribution in [3.8, 4) is 0 Å². The van der Waals surface area contributed by atoms with Gasteiger partial charge in [-0.25, -0.2) is 9.59 Å². The number of carboxylic acid groups (broad SMARTS) is 2. The van der Waals surface area contributed by atoms with Crippen LogP contribution in [0.25, 0.3) is 0 Å². The minimum absolute atomic E-state index is 0.0497. The van der Waals surface area contributed by atoms with Gasteiger partial charge in [-0.1, -0.05) is 20.8 Å². The molecular formula is C12H21NO5. The van der Waals surface area contributed by atoms with Gasteiger partial charge in [-0.05, 0) is 18.3 Å². The van der Waals surface area contributed by atoms with Crippen LogP contribution < -0.4 is 0 Å². The summed E-state index contributed by atoms with van der Waals surface area (Å²) in [5.41, 5.74) is -1.87. The highest BCUT2D eigenvalue weighted by Crippen LogP contribution is 2.38. The van der Waals surface area contributed by atoms with Crippen molar-refractivity contribution in [1.29, 1.82) is 0 Å². The molecule has 0 aromatic rings. The average Bonchev–Trinajstić information content (AvgIpc) is 2.13. The Kier molecular flexibility index (Phi) is 3.90.